The van der Waals surface area contributed by atoms with E-state index in [1.807, 2.05) is 6.26 Å². The van der Waals surface area contributed by atoms with E-state index in [0.717, 1.165) is 5.75 Å². The zero-order chi connectivity index (χ0) is 14.1. The van der Waals surface area contributed by atoms with Crippen LogP contribution in [0, 0.1) is 16.7 Å². The number of amides is 1. The highest BCUT2D eigenvalue weighted by molar-refractivity contribution is 7.98. The Labute approximate surface area is 113 Å². The van der Waals surface area contributed by atoms with Crippen molar-refractivity contribution in [3.05, 3.63) is 0 Å². The molecular formula is C13H23NO3S. The molecule has 1 unspecified atom stereocenters. The van der Waals surface area contributed by atoms with Crippen LogP contribution in [0.3, 0.4) is 0 Å². The summed E-state index contributed by atoms with van der Waals surface area (Å²) < 4.78 is 0. The molecule has 1 saturated carbocycles. The summed E-state index contributed by atoms with van der Waals surface area (Å²) in [7, 11) is 0. The Hall–Kier alpha value is -0.710. The van der Waals surface area contributed by atoms with Crippen LogP contribution in [-0.2, 0) is 9.59 Å². The molecule has 1 atom stereocenters. The standard InChI is InChI=1S/C13H23NO3S/c1-12(2)9(13(12,3)4)10(15)14-8(11(16)17)6-7-18-5/h8-9H,6-7H2,1-5H3,(H,14,15)(H,16,17). The van der Waals surface area contributed by atoms with Crippen LogP contribution >= 0.6 is 11.8 Å². The van der Waals surface area contributed by atoms with Crippen LogP contribution in [0.1, 0.15) is 34.1 Å². The van der Waals surface area contributed by atoms with Crippen molar-refractivity contribution >= 4 is 23.6 Å². The summed E-state index contributed by atoms with van der Waals surface area (Å²) in [5.74, 6) is -0.442. The molecule has 0 aromatic heterocycles. The lowest BCUT2D eigenvalue weighted by atomic mass is 10.0. The highest BCUT2D eigenvalue weighted by atomic mass is 32.2. The topological polar surface area (TPSA) is 66.4 Å². The van der Waals surface area contributed by atoms with E-state index >= 15 is 0 Å². The second-order valence-electron chi connectivity index (χ2n) is 6.06. The molecular weight excluding hydrogens is 250 g/mol. The number of hydrogen-bond donors (Lipinski definition) is 2. The first kappa shape index (κ1) is 15.3. The number of nitrogens with one attached hydrogen (secondary N) is 1. The normalized spacial score (nSPS) is 22.3. The number of hydrogen-bond acceptors (Lipinski definition) is 3. The number of carboxylic acid groups (broad SMARTS) is 1. The third-order valence-electron chi connectivity index (χ3n) is 4.51. The number of carboxylic acids is 1. The molecule has 0 radical (unpaired) electrons. The highest BCUT2D eigenvalue weighted by Crippen LogP contribution is 2.68. The van der Waals surface area contributed by atoms with Gasteiger partial charge in [0.2, 0.25) is 5.91 Å². The molecule has 104 valence electrons. The highest BCUT2D eigenvalue weighted by Gasteiger charge is 2.68. The zero-order valence-electron chi connectivity index (χ0n) is 11.7. The smallest absolute Gasteiger partial charge is 0.326 e. The van der Waals surface area contributed by atoms with Crippen LogP contribution < -0.4 is 5.32 Å². The summed E-state index contributed by atoms with van der Waals surface area (Å²) in [5, 5.41) is 11.8. The fraction of sp³-hybridized carbons (Fsp3) is 0.846. The van der Waals surface area contributed by atoms with Gasteiger partial charge < -0.3 is 10.4 Å². The molecule has 4 nitrogen and oxygen atoms in total. The van der Waals surface area contributed by atoms with Gasteiger partial charge in [0.25, 0.3) is 0 Å². The second kappa shape index (κ2) is 5.11. The van der Waals surface area contributed by atoms with Gasteiger partial charge in [0, 0.05) is 5.92 Å². The Morgan fingerprint density at radius 3 is 2.11 bits per heavy atom. The van der Waals surface area contributed by atoms with E-state index < -0.39 is 12.0 Å². The number of carbonyl (C=O) groups is 2. The lowest BCUT2D eigenvalue weighted by molar-refractivity contribution is -0.142. The molecule has 2 N–H and O–H groups in total. The summed E-state index contributed by atoms with van der Waals surface area (Å²) in [6.07, 6.45) is 2.39. The number of thioether (sulfide) groups is 1. The third-order valence-corrected chi connectivity index (χ3v) is 5.15. The van der Waals surface area contributed by atoms with Crippen molar-refractivity contribution < 1.29 is 14.7 Å². The second-order valence-corrected chi connectivity index (χ2v) is 7.04. The lowest BCUT2D eigenvalue weighted by Crippen LogP contribution is -2.42. The molecule has 0 spiro atoms. The van der Waals surface area contributed by atoms with Crippen molar-refractivity contribution in [3.63, 3.8) is 0 Å². The van der Waals surface area contributed by atoms with Crippen LogP contribution in [0.2, 0.25) is 0 Å². The molecule has 1 rings (SSSR count). The molecule has 18 heavy (non-hydrogen) atoms. The lowest BCUT2D eigenvalue weighted by Gasteiger charge is -2.14. The summed E-state index contributed by atoms with van der Waals surface area (Å²) in [5.41, 5.74) is -0.112. The van der Waals surface area contributed by atoms with E-state index in [1.165, 1.54) is 0 Å². The maximum Gasteiger partial charge on any atom is 0.326 e. The Kier molecular flexibility index (Phi) is 4.36. The third kappa shape index (κ3) is 2.66. The molecule has 0 aliphatic heterocycles. The molecule has 1 amide bonds. The first-order valence-corrected chi connectivity index (χ1v) is 7.57. The number of aliphatic carboxylic acids is 1. The van der Waals surface area contributed by atoms with Gasteiger partial charge in [-0.2, -0.15) is 11.8 Å². The van der Waals surface area contributed by atoms with Gasteiger partial charge in [-0.05, 0) is 29.3 Å². The fourth-order valence-corrected chi connectivity index (χ4v) is 3.07. The van der Waals surface area contributed by atoms with Gasteiger partial charge in [0.05, 0.1) is 0 Å². The van der Waals surface area contributed by atoms with E-state index in [1.54, 1.807) is 11.8 Å². The van der Waals surface area contributed by atoms with Gasteiger partial charge in [-0.3, -0.25) is 4.79 Å². The van der Waals surface area contributed by atoms with Gasteiger partial charge in [-0.25, -0.2) is 4.79 Å². The minimum atomic E-state index is -0.950. The van der Waals surface area contributed by atoms with Crippen LogP contribution in [0.25, 0.3) is 0 Å². The Morgan fingerprint density at radius 1 is 1.28 bits per heavy atom. The van der Waals surface area contributed by atoms with Crippen molar-refractivity contribution in [2.75, 3.05) is 12.0 Å². The summed E-state index contributed by atoms with van der Waals surface area (Å²) in [6, 6.07) is -0.767. The first-order chi connectivity index (χ1) is 8.16. The molecule has 1 aliphatic rings. The van der Waals surface area contributed by atoms with Crippen molar-refractivity contribution in [2.45, 2.75) is 40.2 Å². The van der Waals surface area contributed by atoms with Crippen LogP contribution in [0.4, 0.5) is 0 Å². The Balaban J connectivity index is 2.61. The van der Waals surface area contributed by atoms with E-state index in [-0.39, 0.29) is 22.7 Å². The van der Waals surface area contributed by atoms with Crippen LogP contribution in [0.5, 0.6) is 0 Å². The Morgan fingerprint density at radius 2 is 1.78 bits per heavy atom. The maximum atomic E-state index is 12.1. The molecule has 0 saturated heterocycles. The number of carbonyl (C=O) groups excluding carboxylic acids is 1. The largest absolute Gasteiger partial charge is 0.480 e. The molecule has 5 heteroatoms. The van der Waals surface area contributed by atoms with Crippen molar-refractivity contribution in [2.24, 2.45) is 16.7 Å². The van der Waals surface area contributed by atoms with E-state index in [0.29, 0.717) is 6.42 Å². The summed E-state index contributed by atoms with van der Waals surface area (Å²) in [6.45, 7) is 8.20. The van der Waals surface area contributed by atoms with E-state index in [2.05, 4.69) is 33.0 Å². The van der Waals surface area contributed by atoms with E-state index in [9.17, 15) is 9.59 Å². The van der Waals surface area contributed by atoms with Gasteiger partial charge in [-0.15, -0.1) is 0 Å². The zero-order valence-corrected chi connectivity index (χ0v) is 12.6. The predicted molar refractivity (Wildman–Crippen MR) is 73.6 cm³/mol. The van der Waals surface area contributed by atoms with Gasteiger partial charge in [0.15, 0.2) is 0 Å². The molecule has 1 fully saturated rings. The number of rotatable bonds is 6. The first-order valence-electron chi connectivity index (χ1n) is 6.18. The van der Waals surface area contributed by atoms with Crippen molar-refractivity contribution in [1.82, 2.24) is 5.32 Å². The van der Waals surface area contributed by atoms with Crippen LogP contribution in [-0.4, -0.2) is 35.0 Å². The Bertz CT molecular complexity index is 338. The van der Waals surface area contributed by atoms with Gasteiger partial charge >= 0.3 is 5.97 Å². The van der Waals surface area contributed by atoms with E-state index in [4.69, 9.17) is 5.11 Å². The molecule has 0 aromatic carbocycles. The minimum Gasteiger partial charge on any atom is -0.480 e. The quantitative estimate of drug-likeness (QED) is 0.776. The monoisotopic (exact) mass is 273 g/mol. The van der Waals surface area contributed by atoms with Crippen molar-refractivity contribution in [3.8, 4) is 0 Å². The molecule has 1 aliphatic carbocycles. The fourth-order valence-electron chi connectivity index (χ4n) is 2.60. The molecule has 0 aromatic rings. The maximum absolute atomic E-state index is 12.1. The minimum absolute atomic E-state index is 0.0559. The summed E-state index contributed by atoms with van der Waals surface area (Å²) in [4.78, 5) is 23.2. The average molecular weight is 273 g/mol. The molecule has 0 heterocycles. The van der Waals surface area contributed by atoms with Crippen molar-refractivity contribution in [1.29, 1.82) is 0 Å². The van der Waals surface area contributed by atoms with Gasteiger partial charge in [-0.1, -0.05) is 27.7 Å². The predicted octanol–water partition coefficient (Wildman–Crippen LogP) is 1.99. The summed E-state index contributed by atoms with van der Waals surface area (Å²) >= 11 is 1.58. The van der Waals surface area contributed by atoms with Gasteiger partial charge in [0.1, 0.15) is 6.04 Å². The SMILES string of the molecule is CSCCC(NC(=O)C1C(C)(C)C1(C)C)C(=O)O. The average Bonchev–Trinajstić information content (AvgIpc) is 2.63. The van der Waals surface area contributed by atoms with Crippen LogP contribution in [0.15, 0.2) is 0 Å². The molecule has 0 bridgehead atoms.